The summed E-state index contributed by atoms with van der Waals surface area (Å²) >= 11 is 2.17. The largest absolute Gasteiger partial charge is 0.452 e. The van der Waals surface area contributed by atoms with Gasteiger partial charge in [-0.1, -0.05) is 5.16 Å². The third-order valence-electron chi connectivity index (χ3n) is 2.70. The number of ether oxygens (including phenoxy) is 1. The lowest BCUT2D eigenvalue weighted by molar-refractivity contribution is -0.119. The topological polar surface area (TPSA) is 81.4 Å². The van der Waals surface area contributed by atoms with E-state index >= 15 is 0 Å². The highest BCUT2D eigenvalue weighted by molar-refractivity contribution is 14.1. The minimum Gasteiger partial charge on any atom is -0.452 e. The van der Waals surface area contributed by atoms with Crippen molar-refractivity contribution in [3.8, 4) is 0 Å². The Morgan fingerprint density at radius 2 is 1.95 bits per heavy atom. The third kappa shape index (κ3) is 4.03. The SMILES string of the molecule is Cc1noc(C)c1C(=O)OCC(=O)Nc1ccc(I)cc1. The lowest BCUT2D eigenvalue weighted by atomic mass is 10.2. The molecule has 0 aliphatic rings. The van der Waals surface area contributed by atoms with Gasteiger partial charge >= 0.3 is 5.97 Å². The lowest BCUT2D eigenvalue weighted by Crippen LogP contribution is -2.21. The number of amides is 1. The summed E-state index contributed by atoms with van der Waals surface area (Å²) in [6.07, 6.45) is 0. The molecule has 0 spiro atoms. The fourth-order valence-electron chi connectivity index (χ4n) is 1.71. The number of aromatic nitrogens is 1. The summed E-state index contributed by atoms with van der Waals surface area (Å²) in [6, 6.07) is 7.28. The van der Waals surface area contributed by atoms with Gasteiger partial charge in [0.15, 0.2) is 6.61 Å². The molecule has 0 aliphatic heterocycles. The highest BCUT2D eigenvalue weighted by Crippen LogP contribution is 2.14. The Morgan fingerprint density at radius 1 is 1.29 bits per heavy atom. The van der Waals surface area contributed by atoms with Gasteiger partial charge in [-0.25, -0.2) is 4.79 Å². The monoisotopic (exact) mass is 400 g/mol. The van der Waals surface area contributed by atoms with Crippen molar-refractivity contribution in [3.63, 3.8) is 0 Å². The van der Waals surface area contributed by atoms with E-state index in [2.05, 4.69) is 33.1 Å². The summed E-state index contributed by atoms with van der Waals surface area (Å²) in [5, 5.41) is 6.30. The molecule has 0 bridgehead atoms. The number of nitrogens with one attached hydrogen (secondary N) is 1. The summed E-state index contributed by atoms with van der Waals surface area (Å²) in [4.78, 5) is 23.6. The number of hydrogen-bond acceptors (Lipinski definition) is 5. The Bertz CT molecular complexity index is 645. The zero-order valence-corrected chi connectivity index (χ0v) is 13.6. The maximum atomic E-state index is 11.8. The number of rotatable bonds is 4. The van der Waals surface area contributed by atoms with E-state index in [9.17, 15) is 9.59 Å². The number of carbonyl (C=O) groups is 2. The minimum absolute atomic E-state index is 0.261. The fraction of sp³-hybridized carbons (Fsp3) is 0.214. The zero-order valence-electron chi connectivity index (χ0n) is 11.5. The first-order chi connectivity index (χ1) is 9.97. The van der Waals surface area contributed by atoms with E-state index in [-0.39, 0.29) is 12.2 Å². The van der Waals surface area contributed by atoms with Crippen LogP contribution in [0, 0.1) is 17.4 Å². The van der Waals surface area contributed by atoms with Gasteiger partial charge < -0.3 is 14.6 Å². The van der Waals surface area contributed by atoms with Gasteiger partial charge in [0.1, 0.15) is 11.3 Å². The van der Waals surface area contributed by atoms with Crippen LogP contribution in [0.1, 0.15) is 21.8 Å². The van der Waals surface area contributed by atoms with Crippen molar-refractivity contribution in [1.82, 2.24) is 5.16 Å². The Kier molecular flexibility index (Phi) is 4.94. The van der Waals surface area contributed by atoms with Gasteiger partial charge in [0, 0.05) is 9.26 Å². The Hall–Kier alpha value is -1.90. The molecular weight excluding hydrogens is 387 g/mol. The summed E-state index contributed by atoms with van der Waals surface area (Å²) in [7, 11) is 0. The molecule has 6 nitrogen and oxygen atoms in total. The first-order valence-electron chi connectivity index (χ1n) is 6.13. The number of anilines is 1. The molecule has 21 heavy (non-hydrogen) atoms. The average molecular weight is 400 g/mol. The van der Waals surface area contributed by atoms with E-state index in [0.29, 0.717) is 17.1 Å². The van der Waals surface area contributed by atoms with Crippen LogP contribution in [-0.2, 0) is 9.53 Å². The average Bonchev–Trinajstić information content (AvgIpc) is 2.78. The van der Waals surface area contributed by atoms with Gasteiger partial charge in [0.2, 0.25) is 0 Å². The van der Waals surface area contributed by atoms with Crippen molar-refractivity contribution in [2.45, 2.75) is 13.8 Å². The predicted molar refractivity (Wildman–Crippen MR) is 84.0 cm³/mol. The van der Waals surface area contributed by atoms with Crippen molar-refractivity contribution in [1.29, 1.82) is 0 Å². The molecule has 0 unspecified atom stereocenters. The van der Waals surface area contributed by atoms with E-state index in [4.69, 9.17) is 9.26 Å². The molecule has 0 saturated carbocycles. The molecule has 0 atom stereocenters. The quantitative estimate of drug-likeness (QED) is 0.631. The first-order valence-corrected chi connectivity index (χ1v) is 7.20. The van der Waals surface area contributed by atoms with Crippen molar-refractivity contribution >= 4 is 40.2 Å². The van der Waals surface area contributed by atoms with E-state index in [1.807, 2.05) is 12.1 Å². The first kappa shape index (κ1) is 15.5. The van der Waals surface area contributed by atoms with Crippen molar-refractivity contribution in [2.75, 3.05) is 11.9 Å². The van der Waals surface area contributed by atoms with Crippen LogP contribution in [0.4, 0.5) is 5.69 Å². The molecule has 2 aromatic rings. The Morgan fingerprint density at radius 3 is 2.52 bits per heavy atom. The van der Waals surface area contributed by atoms with Gasteiger partial charge in [-0.2, -0.15) is 0 Å². The van der Waals surface area contributed by atoms with Gasteiger partial charge in [-0.05, 0) is 60.7 Å². The number of hydrogen-bond donors (Lipinski definition) is 1. The highest BCUT2D eigenvalue weighted by Gasteiger charge is 2.19. The Labute approximate surface area is 135 Å². The highest BCUT2D eigenvalue weighted by atomic mass is 127. The van der Waals surface area contributed by atoms with Crippen LogP contribution in [0.15, 0.2) is 28.8 Å². The van der Waals surface area contributed by atoms with Crippen molar-refractivity contribution in [2.24, 2.45) is 0 Å². The molecule has 0 radical (unpaired) electrons. The van der Waals surface area contributed by atoms with Crippen LogP contribution in [0.5, 0.6) is 0 Å². The maximum Gasteiger partial charge on any atom is 0.344 e. The van der Waals surface area contributed by atoms with Crippen LogP contribution < -0.4 is 5.32 Å². The molecule has 1 amide bonds. The fourth-order valence-corrected chi connectivity index (χ4v) is 2.07. The number of halogens is 1. The summed E-state index contributed by atoms with van der Waals surface area (Å²) in [6.45, 7) is 2.88. The van der Waals surface area contributed by atoms with E-state index in [1.165, 1.54) is 0 Å². The molecule has 0 aliphatic carbocycles. The third-order valence-corrected chi connectivity index (χ3v) is 3.42. The lowest BCUT2D eigenvalue weighted by Gasteiger charge is -2.06. The second-order valence-electron chi connectivity index (χ2n) is 4.33. The molecule has 0 saturated heterocycles. The molecule has 0 fully saturated rings. The van der Waals surface area contributed by atoms with E-state index < -0.39 is 11.9 Å². The predicted octanol–water partition coefficient (Wildman–Crippen LogP) is 2.69. The number of carbonyl (C=O) groups excluding carboxylic acids is 2. The van der Waals surface area contributed by atoms with Gasteiger partial charge in [0.05, 0.1) is 5.69 Å². The number of nitrogens with zero attached hydrogens (tertiary/aromatic N) is 1. The van der Waals surface area contributed by atoms with Gasteiger partial charge in [-0.3, -0.25) is 4.79 Å². The molecule has 1 aromatic heterocycles. The Balaban J connectivity index is 1.89. The normalized spacial score (nSPS) is 10.2. The van der Waals surface area contributed by atoms with Crippen LogP contribution in [0.25, 0.3) is 0 Å². The van der Waals surface area contributed by atoms with Crippen LogP contribution in [0.3, 0.4) is 0 Å². The second-order valence-corrected chi connectivity index (χ2v) is 5.58. The van der Waals surface area contributed by atoms with Gasteiger partial charge in [0.25, 0.3) is 5.91 Å². The second kappa shape index (κ2) is 6.70. The van der Waals surface area contributed by atoms with E-state index in [0.717, 1.165) is 3.57 Å². The summed E-state index contributed by atoms with van der Waals surface area (Å²) in [5.74, 6) is -0.657. The van der Waals surface area contributed by atoms with Crippen LogP contribution in [0.2, 0.25) is 0 Å². The molecule has 7 heteroatoms. The standard InChI is InChI=1S/C14H13IN2O4/c1-8-13(9(2)21-17-8)14(19)20-7-12(18)16-11-5-3-10(15)4-6-11/h3-6H,7H2,1-2H3,(H,16,18). The number of esters is 1. The zero-order chi connectivity index (χ0) is 15.4. The summed E-state index contributed by atoms with van der Waals surface area (Å²) < 4.78 is 10.9. The molecule has 1 heterocycles. The van der Waals surface area contributed by atoms with Crippen molar-refractivity contribution in [3.05, 3.63) is 44.9 Å². The van der Waals surface area contributed by atoms with Crippen LogP contribution >= 0.6 is 22.6 Å². The number of benzene rings is 1. The molecule has 2 rings (SSSR count). The van der Waals surface area contributed by atoms with Gasteiger partial charge in [-0.15, -0.1) is 0 Å². The molecule has 1 aromatic carbocycles. The minimum atomic E-state index is -0.621. The smallest absolute Gasteiger partial charge is 0.344 e. The summed E-state index contributed by atoms with van der Waals surface area (Å²) in [5.41, 5.74) is 1.35. The molecule has 1 N–H and O–H groups in total. The van der Waals surface area contributed by atoms with E-state index in [1.54, 1.807) is 26.0 Å². The van der Waals surface area contributed by atoms with Crippen molar-refractivity contribution < 1.29 is 18.8 Å². The molecule has 110 valence electrons. The maximum absolute atomic E-state index is 11.8. The molecular formula is C14H13IN2O4. The van der Waals surface area contributed by atoms with Crippen LogP contribution in [-0.4, -0.2) is 23.6 Å². The number of aryl methyl sites for hydroxylation is 2.